The van der Waals surface area contributed by atoms with Crippen LogP contribution in [0.2, 0.25) is 10.0 Å². The second-order valence-corrected chi connectivity index (χ2v) is 4.73. The molecule has 1 aliphatic rings. The van der Waals surface area contributed by atoms with Crippen molar-refractivity contribution in [3.8, 4) is 0 Å². The summed E-state index contributed by atoms with van der Waals surface area (Å²) in [6, 6.07) is 3.27. The second kappa shape index (κ2) is 4.24. The van der Waals surface area contributed by atoms with Gasteiger partial charge in [0.05, 0.1) is 5.69 Å². The Kier molecular flexibility index (Phi) is 3.10. The number of carbonyl (C=O) groups excluding carboxylic acids is 1. The van der Waals surface area contributed by atoms with Gasteiger partial charge in [-0.3, -0.25) is 4.79 Å². The standard InChI is InChI=1S/C11H12Cl2N2O/c1-6(16)15-3-2-9(14)11-8(13)4-7(12)5-10(11)15/h4-5,9H,2-3,14H2,1H3. The SMILES string of the molecule is CC(=O)N1CCC(N)c2c(Cl)cc(Cl)cc21. The predicted molar refractivity (Wildman–Crippen MR) is 66.0 cm³/mol. The minimum atomic E-state index is -0.129. The van der Waals surface area contributed by atoms with Gasteiger partial charge in [-0.1, -0.05) is 23.2 Å². The van der Waals surface area contributed by atoms with E-state index in [1.807, 2.05) is 0 Å². The monoisotopic (exact) mass is 258 g/mol. The zero-order valence-corrected chi connectivity index (χ0v) is 10.3. The number of fused-ring (bicyclic) bond motifs is 1. The Morgan fingerprint density at radius 2 is 2.19 bits per heavy atom. The molecule has 0 bridgehead atoms. The average Bonchev–Trinajstić information content (AvgIpc) is 2.15. The minimum absolute atomic E-state index is 0.0218. The number of anilines is 1. The molecule has 0 fully saturated rings. The lowest BCUT2D eigenvalue weighted by atomic mass is 9.97. The van der Waals surface area contributed by atoms with Crippen LogP contribution in [0.3, 0.4) is 0 Å². The Morgan fingerprint density at radius 1 is 1.50 bits per heavy atom. The maximum atomic E-state index is 11.5. The Labute approximate surface area is 104 Å². The average molecular weight is 259 g/mol. The van der Waals surface area contributed by atoms with E-state index < -0.39 is 0 Å². The first kappa shape index (κ1) is 11.7. The molecular formula is C11H12Cl2N2O. The van der Waals surface area contributed by atoms with E-state index in [2.05, 4.69) is 0 Å². The van der Waals surface area contributed by atoms with Gasteiger partial charge in [-0.25, -0.2) is 0 Å². The number of hydrogen-bond acceptors (Lipinski definition) is 2. The van der Waals surface area contributed by atoms with Crippen molar-refractivity contribution in [3.05, 3.63) is 27.7 Å². The largest absolute Gasteiger partial charge is 0.324 e. The number of hydrogen-bond donors (Lipinski definition) is 1. The van der Waals surface area contributed by atoms with E-state index in [0.29, 0.717) is 23.0 Å². The van der Waals surface area contributed by atoms with Gasteiger partial charge in [0, 0.05) is 35.1 Å². The van der Waals surface area contributed by atoms with Gasteiger partial charge in [0.2, 0.25) is 5.91 Å². The fourth-order valence-corrected chi connectivity index (χ4v) is 2.64. The molecule has 2 rings (SSSR count). The lowest BCUT2D eigenvalue weighted by Crippen LogP contribution is -2.37. The van der Waals surface area contributed by atoms with Crippen LogP contribution in [0.15, 0.2) is 12.1 Å². The van der Waals surface area contributed by atoms with Crippen LogP contribution in [0.25, 0.3) is 0 Å². The number of nitrogens with two attached hydrogens (primary N) is 1. The van der Waals surface area contributed by atoms with Crippen LogP contribution < -0.4 is 10.6 Å². The molecule has 2 N–H and O–H groups in total. The van der Waals surface area contributed by atoms with Crippen LogP contribution in [0.5, 0.6) is 0 Å². The fraction of sp³-hybridized carbons (Fsp3) is 0.364. The van der Waals surface area contributed by atoms with Crippen molar-refractivity contribution < 1.29 is 4.79 Å². The molecule has 5 heteroatoms. The highest BCUT2D eigenvalue weighted by molar-refractivity contribution is 6.36. The van der Waals surface area contributed by atoms with E-state index in [1.165, 1.54) is 6.92 Å². The maximum absolute atomic E-state index is 11.5. The van der Waals surface area contributed by atoms with Gasteiger partial charge in [0.25, 0.3) is 0 Å². The lowest BCUT2D eigenvalue weighted by Gasteiger charge is -2.32. The molecule has 1 amide bonds. The van der Waals surface area contributed by atoms with E-state index in [1.54, 1.807) is 17.0 Å². The first-order valence-electron chi connectivity index (χ1n) is 5.03. The molecule has 0 saturated carbocycles. The summed E-state index contributed by atoms with van der Waals surface area (Å²) in [7, 11) is 0. The highest BCUT2D eigenvalue weighted by atomic mass is 35.5. The quantitative estimate of drug-likeness (QED) is 0.778. The van der Waals surface area contributed by atoms with Crippen molar-refractivity contribution in [1.29, 1.82) is 0 Å². The van der Waals surface area contributed by atoms with Crippen molar-refractivity contribution in [3.63, 3.8) is 0 Å². The minimum Gasteiger partial charge on any atom is -0.324 e. The van der Waals surface area contributed by atoms with E-state index >= 15 is 0 Å². The molecule has 1 aliphatic heterocycles. The summed E-state index contributed by atoms with van der Waals surface area (Å²) in [4.78, 5) is 13.2. The summed E-state index contributed by atoms with van der Waals surface area (Å²) in [6.07, 6.45) is 0.716. The predicted octanol–water partition coefficient (Wildman–Crippen LogP) is 2.75. The Bertz CT molecular complexity index is 448. The van der Waals surface area contributed by atoms with E-state index in [4.69, 9.17) is 28.9 Å². The van der Waals surface area contributed by atoms with Crippen LogP contribution in [-0.4, -0.2) is 12.5 Å². The first-order valence-corrected chi connectivity index (χ1v) is 5.79. The molecule has 1 heterocycles. The second-order valence-electron chi connectivity index (χ2n) is 3.89. The summed E-state index contributed by atoms with van der Waals surface area (Å²) >= 11 is 12.0. The summed E-state index contributed by atoms with van der Waals surface area (Å²) in [5.74, 6) is -0.0218. The normalized spacial score (nSPS) is 19.5. The van der Waals surface area contributed by atoms with E-state index in [0.717, 1.165) is 11.3 Å². The molecule has 0 spiro atoms. The van der Waals surface area contributed by atoms with Crippen LogP contribution in [-0.2, 0) is 4.79 Å². The fourth-order valence-electron chi connectivity index (χ4n) is 2.02. The van der Waals surface area contributed by atoms with Crippen molar-refractivity contribution >= 4 is 34.8 Å². The molecule has 0 radical (unpaired) electrons. The van der Waals surface area contributed by atoms with Gasteiger partial charge in [-0.2, -0.15) is 0 Å². The smallest absolute Gasteiger partial charge is 0.223 e. The highest BCUT2D eigenvalue weighted by Crippen LogP contribution is 2.39. The maximum Gasteiger partial charge on any atom is 0.223 e. The molecule has 16 heavy (non-hydrogen) atoms. The summed E-state index contributed by atoms with van der Waals surface area (Å²) < 4.78 is 0. The van der Waals surface area contributed by atoms with Crippen molar-refractivity contribution in [1.82, 2.24) is 0 Å². The highest BCUT2D eigenvalue weighted by Gasteiger charge is 2.27. The van der Waals surface area contributed by atoms with Crippen LogP contribution in [0.1, 0.15) is 24.9 Å². The van der Waals surface area contributed by atoms with Gasteiger partial charge >= 0.3 is 0 Å². The number of amides is 1. The molecule has 1 aromatic rings. The zero-order chi connectivity index (χ0) is 11.9. The molecule has 0 saturated heterocycles. The topological polar surface area (TPSA) is 46.3 Å². The zero-order valence-electron chi connectivity index (χ0n) is 8.84. The molecule has 1 unspecified atom stereocenters. The molecule has 1 atom stereocenters. The lowest BCUT2D eigenvalue weighted by molar-refractivity contribution is -0.116. The summed E-state index contributed by atoms with van der Waals surface area (Å²) in [5.41, 5.74) is 7.55. The van der Waals surface area contributed by atoms with Gasteiger partial charge in [-0.15, -0.1) is 0 Å². The number of nitrogens with zero attached hydrogens (tertiary/aromatic N) is 1. The first-order chi connectivity index (χ1) is 7.50. The molecule has 0 aliphatic carbocycles. The van der Waals surface area contributed by atoms with Gasteiger partial charge in [-0.05, 0) is 18.6 Å². The summed E-state index contributed by atoms with van der Waals surface area (Å²) in [5, 5.41) is 1.05. The third-order valence-electron chi connectivity index (χ3n) is 2.78. The van der Waals surface area contributed by atoms with Crippen molar-refractivity contribution in [2.24, 2.45) is 5.73 Å². The third kappa shape index (κ3) is 1.90. The van der Waals surface area contributed by atoms with Gasteiger partial charge < -0.3 is 10.6 Å². The van der Waals surface area contributed by atoms with Crippen molar-refractivity contribution in [2.75, 3.05) is 11.4 Å². The van der Waals surface area contributed by atoms with E-state index in [9.17, 15) is 4.79 Å². The van der Waals surface area contributed by atoms with Crippen LogP contribution in [0.4, 0.5) is 5.69 Å². The molecular weight excluding hydrogens is 247 g/mol. The Hall–Kier alpha value is -0.770. The van der Waals surface area contributed by atoms with Gasteiger partial charge in [0.15, 0.2) is 0 Å². The molecule has 0 aromatic heterocycles. The van der Waals surface area contributed by atoms with Crippen molar-refractivity contribution in [2.45, 2.75) is 19.4 Å². The van der Waals surface area contributed by atoms with E-state index in [-0.39, 0.29) is 11.9 Å². The number of benzene rings is 1. The van der Waals surface area contributed by atoms with Crippen LogP contribution >= 0.6 is 23.2 Å². The molecule has 3 nitrogen and oxygen atoms in total. The van der Waals surface area contributed by atoms with Gasteiger partial charge in [0.1, 0.15) is 0 Å². The Morgan fingerprint density at radius 3 is 2.81 bits per heavy atom. The number of carbonyl (C=O) groups is 1. The molecule has 86 valence electrons. The Balaban J connectivity index is 2.60. The number of halogens is 2. The van der Waals surface area contributed by atoms with Crippen LogP contribution in [0, 0.1) is 0 Å². The molecule has 1 aromatic carbocycles. The third-order valence-corrected chi connectivity index (χ3v) is 3.31. The summed E-state index contributed by atoms with van der Waals surface area (Å²) in [6.45, 7) is 2.13. The number of rotatable bonds is 0.